The number of methoxy groups -OCH3 is 1. The maximum absolute atomic E-state index is 5.24. The summed E-state index contributed by atoms with van der Waals surface area (Å²) in [5.41, 5.74) is 0. The van der Waals surface area contributed by atoms with E-state index in [-0.39, 0.29) is 0 Å². The van der Waals surface area contributed by atoms with Crippen molar-refractivity contribution < 1.29 is 4.74 Å². The molecule has 1 aliphatic heterocycles. The molecule has 0 aromatic rings. The lowest BCUT2D eigenvalue weighted by Crippen LogP contribution is -2.32. The summed E-state index contributed by atoms with van der Waals surface area (Å²) in [5.74, 6) is 2.30. The first-order valence-electron chi connectivity index (χ1n) is 5.87. The molecule has 0 bridgehead atoms. The molecule has 1 N–H and O–H groups in total. The lowest BCUT2D eigenvalue weighted by atomic mass is 9.84. The van der Waals surface area contributed by atoms with Gasteiger partial charge < -0.3 is 10.1 Å². The third-order valence-corrected chi connectivity index (χ3v) is 3.29. The molecule has 2 nitrogen and oxygen atoms in total. The molecular formula is C12H25NO. The molecule has 0 spiro atoms. The zero-order valence-electron chi connectivity index (χ0n) is 10.0. The van der Waals surface area contributed by atoms with Gasteiger partial charge in [0.25, 0.3) is 0 Å². The van der Waals surface area contributed by atoms with E-state index >= 15 is 0 Å². The molecule has 3 unspecified atom stereocenters. The minimum Gasteiger partial charge on any atom is -0.384 e. The van der Waals surface area contributed by atoms with Crippen molar-refractivity contribution in [3.05, 3.63) is 0 Å². The van der Waals surface area contributed by atoms with E-state index < -0.39 is 0 Å². The fraction of sp³-hybridized carbons (Fsp3) is 1.00. The molecule has 1 aliphatic rings. The summed E-state index contributed by atoms with van der Waals surface area (Å²) >= 11 is 0. The van der Waals surface area contributed by atoms with E-state index in [1.165, 1.54) is 19.4 Å². The second kappa shape index (κ2) is 5.72. The predicted octanol–water partition coefficient (Wildman–Crippen LogP) is 2.29. The van der Waals surface area contributed by atoms with Gasteiger partial charge in [0.05, 0.1) is 0 Å². The molecule has 1 heterocycles. The number of ether oxygens (including phenoxy) is 1. The van der Waals surface area contributed by atoms with E-state index in [0.717, 1.165) is 24.5 Å². The third-order valence-electron chi connectivity index (χ3n) is 3.29. The quantitative estimate of drug-likeness (QED) is 0.733. The summed E-state index contributed by atoms with van der Waals surface area (Å²) in [6.45, 7) is 9.02. The highest BCUT2D eigenvalue weighted by atomic mass is 16.5. The Kier molecular flexibility index (Phi) is 4.90. The van der Waals surface area contributed by atoms with Crippen LogP contribution in [-0.4, -0.2) is 26.3 Å². The van der Waals surface area contributed by atoms with E-state index in [1.807, 2.05) is 0 Å². The Morgan fingerprint density at radius 3 is 2.64 bits per heavy atom. The number of rotatable bonds is 5. The summed E-state index contributed by atoms with van der Waals surface area (Å²) in [7, 11) is 1.80. The molecule has 1 fully saturated rings. The standard InChI is InChI=1S/C12H25NO/c1-9(2)7-12-11(5-6-13-12)10(3)8-14-4/h9-13H,5-8H2,1-4H3. The highest BCUT2D eigenvalue weighted by molar-refractivity contribution is 4.87. The Bertz CT molecular complexity index is 158. The zero-order valence-corrected chi connectivity index (χ0v) is 10.0. The van der Waals surface area contributed by atoms with Crippen LogP contribution < -0.4 is 5.32 Å². The van der Waals surface area contributed by atoms with E-state index in [4.69, 9.17) is 4.74 Å². The highest BCUT2D eigenvalue weighted by Crippen LogP contribution is 2.28. The number of nitrogens with one attached hydrogen (secondary N) is 1. The molecule has 1 rings (SSSR count). The second-order valence-corrected chi connectivity index (χ2v) is 5.08. The topological polar surface area (TPSA) is 21.3 Å². The Labute approximate surface area is 88.4 Å². The SMILES string of the molecule is COCC(C)C1CCNC1CC(C)C. The summed E-state index contributed by atoms with van der Waals surface area (Å²) < 4.78 is 5.24. The van der Waals surface area contributed by atoms with Crippen molar-refractivity contribution in [2.24, 2.45) is 17.8 Å². The van der Waals surface area contributed by atoms with Gasteiger partial charge in [-0.2, -0.15) is 0 Å². The van der Waals surface area contributed by atoms with Gasteiger partial charge in [-0.05, 0) is 37.1 Å². The largest absolute Gasteiger partial charge is 0.384 e. The predicted molar refractivity (Wildman–Crippen MR) is 60.4 cm³/mol. The smallest absolute Gasteiger partial charge is 0.0491 e. The first-order chi connectivity index (χ1) is 6.65. The lowest BCUT2D eigenvalue weighted by Gasteiger charge is -2.26. The van der Waals surface area contributed by atoms with Crippen LogP contribution in [0.1, 0.15) is 33.6 Å². The molecule has 3 atom stereocenters. The molecule has 2 heteroatoms. The lowest BCUT2D eigenvalue weighted by molar-refractivity contribution is 0.121. The molecule has 1 saturated heterocycles. The summed E-state index contributed by atoms with van der Waals surface area (Å²) in [6, 6.07) is 0.722. The maximum atomic E-state index is 5.24. The van der Waals surface area contributed by atoms with Crippen molar-refractivity contribution in [3.8, 4) is 0 Å². The van der Waals surface area contributed by atoms with E-state index in [2.05, 4.69) is 26.1 Å². The van der Waals surface area contributed by atoms with E-state index in [9.17, 15) is 0 Å². The van der Waals surface area contributed by atoms with Crippen LogP contribution in [-0.2, 0) is 4.74 Å². The van der Waals surface area contributed by atoms with E-state index in [0.29, 0.717) is 5.92 Å². The van der Waals surface area contributed by atoms with Crippen LogP contribution >= 0.6 is 0 Å². The zero-order chi connectivity index (χ0) is 10.6. The summed E-state index contributed by atoms with van der Waals surface area (Å²) in [6.07, 6.45) is 2.63. The molecule has 0 aromatic heterocycles. The fourth-order valence-corrected chi connectivity index (χ4v) is 2.62. The second-order valence-electron chi connectivity index (χ2n) is 5.08. The van der Waals surface area contributed by atoms with Crippen LogP contribution in [0, 0.1) is 17.8 Å². The molecule has 0 radical (unpaired) electrons. The van der Waals surface area contributed by atoms with Crippen LogP contribution in [0.25, 0.3) is 0 Å². The van der Waals surface area contributed by atoms with Crippen LogP contribution in [0.15, 0.2) is 0 Å². The average molecular weight is 199 g/mol. The van der Waals surface area contributed by atoms with Crippen LogP contribution in [0.2, 0.25) is 0 Å². The van der Waals surface area contributed by atoms with Gasteiger partial charge in [-0.3, -0.25) is 0 Å². The van der Waals surface area contributed by atoms with Crippen molar-refractivity contribution in [1.29, 1.82) is 0 Å². The van der Waals surface area contributed by atoms with E-state index in [1.54, 1.807) is 7.11 Å². The Morgan fingerprint density at radius 2 is 2.07 bits per heavy atom. The van der Waals surface area contributed by atoms with Crippen LogP contribution in [0.5, 0.6) is 0 Å². The van der Waals surface area contributed by atoms with Gasteiger partial charge in [0.1, 0.15) is 0 Å². The molecule has 0 aliphatic carbocycles. The first-order valence-corrected chi connectivity index (χ1v) is 5.87. The number of hydrogen-bond acceptors (Lipinski definition) is 2. The van der Waals surface area contributed by atoms with Gasteiger partial charge in [-0.15, -0.1) is 0 Å². The van der Waals surface area contributed by atoms with Gasteiger partial charge in [-0.1, -0.05) is 20.8 Å². The maximum Gasteiger partial charge on any atom is 0.0491 e. The third kappa shape index (κ3) is 3.25. The fourth-order valence-electron chi connectivity index (χ4n) is 2.62. The van der Waals surface area contributed by atoms with Gasteiger partial charge in [0.15, 0.2) is 0 Å². The first kappa shape index (κ1) is 12.0. The molecule has 0 saturated carbocycles. The van der Waals surface area contributed by atoms with Crippen LogP contribution in [0.3, 0.4) is 0 Å². The normalized spacial score (nSPS) is 29.8. The average Bonchev–Trinajstić information content (AvgIpc) is 2.51. The molecule has 0 amide bonds. The molecule has 0 aromatic carbocycles. The Balaban J connectivity index is 2.41. The summed E-state index contributed by atoms with van der Waals surface area (Å²) in [5, 5.41) is 3.62. The van der Waals surface area contributed by atoms with Gasteiger partial charge in [0, 0.05) is 19.8 Å². The van der Waals surface area contributed by atoms with Gasteiger partial charge in [0.2, 0.25) is 0 Å². The van der Waals surface area contributed by atoms with Gasteiger partial charge in [-0.25, -0.2) is 0 Å². The summed E-state index contributed by atoms with van der Waals surface area (Å²) in [4.78, 5) is 0. The Morgan fingerprint density at radius 1 is 1.36 bits per heavy atom. The Hall–Kier alpha value is -0.0800. The van der Waals surface area contributed by atoms with Crippen LogP contribution in [0.4, 0.5) is 0 Å². The molecular weight excluding hydrogens is 174 g/mol. The highest BCUT2D eigenvalue weighted by Gasteiger charge is 2.31. The van der Waals surface area contributed by atoms with Crippen molar-refractivity contribution in [2.45, 2.75) is 39.7 Å². The van der Waals surface area contributed by atoms with Crippen molar-refractivity contribution >= 4 is 0 Å². The van der Waals surface area contributed by atoms with Crippen molar-refractivity contribution in [2.75, 3.05) is 20.3 Å². The minimum atomic E-state index is 0.693. The van der Waals surface area contributed by atoms with Crippen molar-refractivity contribution in [1.82, 2.24) is 5.32 Å². The molecule has 14 heavy (non-hydrogen) atoms. The van der Waals surface area contributed by atoms with Gasteiger partial charge >= 0.3 is 0 Å². The minimum absolute atomic E-state index is 0.693. The molecule has 84 valence electrons. The van der Waals surface area contributed by atoms with Crippen molar-refractivity contribution in [3.63, 3.8) is 0 Å². The monoisotopic (exact) mass is 199 g/mol. The number of hydrogen-bond donors (Lipinski definition) is 1.